The first-order valence-electron chi connectivity index (χ1n) is 7.80. The summed E-state index contributed by atoms with van der Waals surface area (Å²) in [5, 5.41) is 0.821. The van der Waals surface area contributed by atoms with Gasteiger partial charge in [-0.1, -0.05) is 29.8 Å². The Morgan fingerprint density at radius 2 is 1.73 bits per heavy atom. The van der Waals surface area contributed by atoms with Gasteiger partial charge in [-0.15, -0.1) is 0 Å². The molecule has 0 N–H and O–H groups in total. The summed E-state index contributed by atoms with van der Waals surface area (Å²) < 4.78 is 0. The summed E-state index contributed by atoms with van der Waals surface area (Å²) in [5.74, 6) is 0. The number of benzene rings is 1. The molecule has 0 unspecified atom stereocenters. The molecular formula is C18H22ClN3. The third-order valence-corrected chi connectivity index (χ3v) is 4.49. The van der Waals surface area contributed by atoms with Gasteiger partial charge in [0.25, 0.3) is 0 Å². The van der Waals surface area contributed by atoms with Gasteiger partial charge in [0, 0.05) is 50.5 Å². The van der Waals surface area contributed by atoms with Gasteiger partial charge in [-0.3, -0.25) is 14.8 Å². The lowest BCUT2D eigenvalue weighted by atomic mass is 10.1. The number of nitrogens with zero attached hydrogens (tertiary/aromatic N) is 3. The smallest absolute Gasteiger partial charge is 0.0573 e. The molecule has 1 aliphatic rings. The fourth-order valence-corrected chi connectivity index (χ4v) is 3.11. The van der Waals surface area contributed by atoms with E-state index in [0.717, 1.165) is 44.3 Å². The molecule has 0 bridgehead atoms. The number of aromatic nitrogens is 1. The average molecular weight is 316 g/mol. The first kappa shape index (κ1) is 15.5. The summed E-state index contributed by atoms with van der Waals surface area (Å²) >= 11 is 6.06. The summed E-state index contributed by atoms with van der Waals surface area (Å²) in [6, 6.07) is 12.3. The van der Waals surface area contributed by atoms with Crippen LogP contribution in [-0.4, -0.2) is 41.0 Å². The fraction of sp³-hybridized carbons (Fsp3) is 0.389. The van der Waals surface area contributed by atoms with Gasteiger partial charge in [-0.2, -0.15) is 0 Å². The van der Waals surface area contributed by atoms with Crippen molar-refractivity contribution in [3.05, 3.63) is 64.4 Å². The predicted molar refractivity (Wildman–Crippen MR) is 91.0 cm³/mol. The van der Waals surface area contributed by atoms with E-state index in [1.807, 2.05) is 24.4 Å². The van der Waals surface area contributed by atoms with Crippen molar-refractivity contribution in [1.82, 2.24) is 14.8 Å². The van der Waals surface area contributed by atoms with Crippen LogP contribution in [0.5, 0.6) is 0 Å². The van der Waals surface area contributed by atoms with E-state index in [-0.39, 0.29) is 0 Å². The Kier molecular flexibility index (Phi) is 5.08. The lowest BCUT2D eigenvalue weighted by molar-refractivity contribution is 0.121. The topological polar surface area (TPSA) is 19.4 Å². The van der Waals surface area contributed by atoms with E-state index in [1.54, 1.807) is 0 Å². The van der Waals surface area contributed by atoms with Gasteiger partial charge in [0.2, 0.25) is 0 Å². The molecule has 0 saturated carbocycles. The largest absolute Gasteiger partial charge is 0.297 e. The molecule has 116 valence electrons. The van der Waals surface area contributed by atoms with Crippen molar-refractivity contribution in [3.8, 4) is 0 Å². The van der Waals surface area contributed by atoms with Gasteiger partial charge in [0.1, 0.15) is 0 Å². The highest BCUT2D eigenvalue weighted by molar-refractivity contribution is 6.30. The van der Waals surface area contributed by atoms with Crippen LogP contribution in [0.25, 0.3) is 0 Å². The van der Waals surface area contributed by atoms with Gasteiger partial charge in [0.05, 0.1) is 5.69 Å². The van der Waals surface area contributed by atoms with Crippen molar-refractivity contribution >= 4 is 11.6 Å². The van der Waals surface area contributed by atoms with Crippen molar-refractivity contribution in [2.24, 2.45) is 0 Å². The Morgan fingerprint density at radius 1 is 1.00 bits per heavy atom. The minimum absolute atomic E-state index is 0.821. The predicted octanol–water partition coefficient (Wildman–Crippen LogP) is 3.36. The van der Waals surface area contributed by atoms with Gasteiger partial charge in [0.15, 0.2) is 0 Å². The highest BCUT2D eigenvalue weighted by Crippen LogP contribution is 2.15. The molecule has 0 amide bonds. The summed E-state index contributed by atoms with van der Waals surface area (Å²) in [6.07, 6.45) is 1.89. The average Bonchev–Trinajstić information content (AvgIpc) is 2.52. The highest BCUT2D eigenvalue weighted by Gasteiger charge is 2.18. The monoisotopic (exact) mass is 315 g/mol. The third-order valence-electron chi connectivity index (χ3n) is 4.25. The second-order valence-electron chi connectivity index (χ2n) is 5.95. The molecule has 22 heavy (non-hydrogen) atoms. The molecule has 3 rings (SSSR count). The Balaban J connectivity index is 1.51. The Morgan fingerprint density at radius 3 is 2.41 bits per heavy atom. The van der Waals surface area contributed by atoms with Crippen LogP contribution in [-0.2, 0) is 13.1 Å². The van der Waals surface area contributed by atoms with E-state index in [1.165, 1.54) is 16.8 Å². The highest BCUT2D eigenvalue weighted by atomic mass is 35.5. The lowest BCUT2D eigenvalue weighted by Gasteiger charge is -2.34. The molecule has 1 aromatic heterocycles. The minimum Gasteiger partial charge on any atom is -0.297 e. The maximum absolute atomic E-state index is 6.06. The van der Waals surface area contributed by atoms with Crippen LogP contribution in [0.15, 0.2) is 42.6 Å². The number of pyridine rings is 1. The van der Waals surface area contributed by atoms with Crippen molar-refractivity contribution in [2.45, 2.75) is 20.0 Å². The van der Waals surface area contributed by atoms with E-state index in [2.05, 4.69) is 39.9 Å². The standard InChI is InChI=1S/C18H22ClN3/c1-15-4-3-7-20-18(15)14-22-10-8-21(9-11-22)13-16-5-2-6-17(19)12-16/h2-7,12H,8-11,13-14H2,1H3. The van der Waals surface area contributed by atoms with Crippen LogP contribution in [0.1, 0.15) is 16.8 Å². The third kappa shape index (κ3) is 4.07. The molecule has 0 spiro atoms. The first-order valence-corrected chi connectivity index (χ1v) is 8.18. The number of halogens is 1. The number of aryl methyl sites for hydroxylation is 1. The van der Waals surface area contributed by atoms with E-state index in [0.29, 0.717) is 0 Å². The number of hydrogen-bond acceptors (Lipinski definition) is 3. The van der Waals surface area contributed by atoms with Crippen LogP contribution in [0.4, 0.5) is 0 Å². The zero-order valence-corrected chi connectivity index (χ0v) is 13.8. The molecule has 4 heteroatoms. The molecule has 0 atom stereocenters. The molecule has 3 nitrogen and oxygen atoms in total. The van der Waals surface area contributed by atoms with Gasteiger partial charge in [-0.05, 0) is 36.2 Å². The molecule has 1 saturated heterocycles. The van der Waals surface area contributed by atoms with E-state index >= 15 is 0 Å². The number of piperazine rings is 1. The Bertz CT molecular complexity index is 621. The molecule has 2 aromatic rings. The Labute approximate surface area is 137 Å². The van der Waals surface area contributed by atoms with Crippen molar-refractivity contribution in [2.75, 3.05) is 26.2 Å². The van der Waals surface area contributed by atoms with Gasteiger partial charge >= 0.3 is 0 Å². The second-order valence-corrected chi connectivity index (χ2v) is 6.39. The quantitative estimate of drug-likeness (QED) is 0.862. The summed E-state index contributed by atoms with van der Waals surface area (Å²) in [5.41, 5.74) is 3.77. The fourth-order valence-electron chi connectivity index (χ4n) is 2.89. The van der Waals surface area contributed by atoms with Crippen LogP contribution < -0.4 is 0 Å². The van der Waals surface area contributed by atoms with Crippen LogP contribution in [0.2, 0.25) is 5.02 Å². The molecule has 1 aliphatic heterocycles. The minimum atomic E-state index is 0.821. The van der Waals surface area contributed by atoms with Gasteiger partial charge in [-0.25, -0.2) is 0 Å². The molecule has 0 aliphatic carbocycles. The summed E-state index contributed by atoms with van der Waals surface area (Å²) in [6.45, 7) is 8.45. The molecule has 1 fully saturated rings. The second kappa shape index (κ2) is 7.23. The van der Waals surface area contributed by atoms with E-state index in [4.69, 9.17) is 11.6 Å². The maximum atomic E-state index is 6.06. The van der Waals surface area contributed by atoms with Crippen LogP contribution in [0.3, 0.4) is 0 Å². The van der Waals surface area contributed by atoms with E-state index < -0.39 is 0 Å². The van der Waals surface area contributed by atoms with E-state index in [9.17, 15) is 0 Å². The zero-order valence-electron chi connectivity index (χ0n) is 13.0. The number of hydrogen-bond donors (Lipinski definition) is 0. The first-order chi connectivity index (χ1) is 10.7. The molecule has 2 heterocycles. The van der Waals surface area contributed by atoms with Crippen LogP contribution in [0, 0.1) is 6.92 Å². The zero-order chi connectivity index (χ0) is 15.4. The van der Waals surface area contributed by atoms with Crippen LogP contribution >= 0.6 is 11.6 Å². The normalized spacial score (nSPS) is 16.8. The molecular weight excluding hydrogens is 294 g/mol. The van der Waals surface area contributed by atoms with Crippen molar-refractivity contribution in [1.29, 1.82) is 0 Å². The lowest BCUT2D eigenvalue weighted by Crippen LogP contribution is -2.45. The Hall–Kier alpha value is -1.42. The van der Waals surface area contributed by atoms with Crippen molar-refractivity contribution < 1.29 is 0 Å². The molecule has 1 aromatic carbocycles. The van der Waals surface area contributed by atoms with Gasteiger partial charge < -0.3 is 0 Å². The summed E-state index contributed by atoms with van der Waals surface area (Å²) in [4.78, 5) is 9.48. The van der Waals surface area contributed by atoms with Crippen molar-refractivity contribution in [3.63, 3.8) is 0 Å². The SMILES string of the molecule is Cc1cccnc1CN1CCN(Cc2cccc(Cl)c2)CC1. The maximum Gasteiger partial charge on any atom is 0.0573 e. The number of rotatable bonds is 4. The molecule has 0 radical (unpaired) electrons. The summed E-state index contributed by atoms with van der Waals surface area (Å²) in [7, 11) is 0.